The molecule has 4 aromatic rings. The number of hydrogen-bond acceptors (Lipinski definition) is 3. The Morgan fingerprint density at radius 1 is 0.759 bits per heavy atom. The van der Waals surface area contributed by atoms with Crippen LogP contribution >= 0.6 is 22.9 Å². The van der Waals surface area contributed by atoms with E-state index in [1.54, 1.807) is 24.3 Å². The minimum Gasteiger partial charge on any atom is -0.332 e. The van der Waals surface area contributed by atoms with E-state index in [9.17, 15) is 13.2 Å². The van der Waals surface area contributed by atoms with Gasteiger partial charge in [0.15, 0.2) is 10.8 Å². The number of rotatable bonds is 4. The molecule has 1 N–H and O–H groups in total. The number of hydrogen-bond donors (Lipinski definition) is 1. The Morgan fingerprint density at radius 3 is 1.97 bits per heavy atom. The van der Waals surface area contributed by atoms with Gasteiger partial charge in [0.05, 0.1) is 4.88 Å². The molecule has 3 aromatic carbocycles. The number of nitrogens with zero attached hydrogens (tertiary/aromatic N) is 1. The third kappa shape index (κ3) is 4.44. The van der Waals surface area contributed by atoms with Crippen molar-refractivity contribution in [2.45, 2.75) is 6.18 Å². The Morgan fingerprint density at radius 2 is 1.34 bits per heavy atom. The van der Waals surface area contributed by atoms with E-state index in [1.807, 2.05) is 54.6 Å². The van der Waals surface area contributed by atoms with Gasteiger partial charge in [-0.25, -0.2) is 4.98 Å². The van der Waals surface area contributed by atoms with Crippen molar-refractivity contribution >= 4 is 33.8 Å². The van der Waals surface area contributed by atoms with E-state index in [2.05, 4.69) is 10.3 Å². The van der Waals surface area contributed by atoms with Crippen molar-refractivity contribution in [3.63, 3.8) is 0 Å². The van der Waals surface area contributed by atoms with Gasteiger partial charge >= 0.3 is 6.18 Å². The number of nitrogens with one attached hydrogen (secondary N) is 1. The number of alkyl halides is 3. The van der Waals surface area contributed by atoms with Gasteiger partial charge in [-0.1, -0.05) is 77.5 Å². The topological polar surface area (TPSA) is 24.9 Å². The third-order valence-electron chi connectivity index (χ3n) is 4.25. The summed E-state index contributed by atoms with van der Waals surface area (Å²) in [6.07, 6.45) is -4.55. The van der Waals surface area contributed by atoms with E-state index >= 15 is 0 Å². The number of anilines is 2. The molecule has 0 atom stereocenters. The van der Waals surface area contributed by atoms with Crippen LogP contribution in [-0.2, 0) is 6.18 Å². The van der Waals surface area contributed by atoms with Crippen molar-refractivity contribution in [2.24, 2.45) is 0 Å². The minimum atomic E-state index is -4.55. The zero-order valence-electron chi connectivity index (χ0n) is 14.9. The number of benzene rings is 3. The van der Waals surface area contributed by atoms with Crippen molar-refractivity contribution in [1.82, 2.24) is 4.98 Å². The van der Waals surface area contributed by atoms with Crippen molar-refractivity contribution in [1.29, 1.82) is 0 Å². The summed E-state index contributed by atoms with van der Waals surface area (Å²) >= 11 is 6.81. The monoisotopic (exact) mass is 430 g/mol. The third-order valence-corrected chi connectivity index (χ3v) is 5.52. The van der Waals surface area contributed by atoms with Crippen LogP contribution in [0.1, 0.15) is 5.69 Å². The second kappa shape index (κ2) is 7.89. The summed E-state index contributed by atoms with van der Waals surface area (Å²) in [7, 11) is 0. The highest BCUT2D eigenvalue weighted by atomic mass is 35.5. The van der Waals surface area contributed by atoms with Crippen LogP contribution in [0, 0.1) is 0 Å². The average molecular weight is 431 g/mol. The second-order valence-corrected chi connectivity index (χ2v) is 7.71. The van der Waals surface area contributed by atoms with Crippen LogP contribution < -0.4 is 5.32 Å². The minimum absolute atomic E-state index is 0.0533. The lowest BCUT2D eigenvalue weighted by atomic mass is 10.1. The largest absolute Gasteiger partial charge is 0.434 e. The molecule has 0 radical (unpaired) electrons. The Hall–Kier alpha value is -2.83. The molecule has 0 aliphatic carbocycles. The molecule has 0 amide bonds. The van der Waals surface area contributed by atoms with Crippen molar-refractivity contribution in [3.8, 4) is 21.6 Å². The quantitative estimate of drug-likeness (QED) is 0.356. The van der Waals surface area contributed by atoms with Crippen LogP contribution in [0.15, 0.2) is 78.9 Å². The lowest BCUT2D eigenvalue weighted by molar-refractivity contribution is -0.140. The number of thiazole rings is 1. The Balaban J connectivity index is 1.63. The number of halogens is 4. The summed E-state index contributed by atoms with van der Waals surface area (Å²) in [6, 6.07) is 23.5. The van der Waals surface area contributed by atoms with Crippen LogP contribution in [0.5, 0.6) is 0 Å². The fourth-order valence-electron chi connectivity index (χ4n) is 2.86. The first-order valence-corrected chi connectivity index (χ1v) is 9.86. The van der Waals surface area contributed by atoms with Crippen LogP contribution in [0.3, 0.4) is 0 Å². The smallest absolute Gasteiger partial charge is 0.332 e. The van der Waals surface area contributed by atoms with Gasteiger partial charge in [0.1, 0.15) is 0 Å². The summed E-state index contributed by atoms with van der Waals surface area (Å²) < 4.78 is 40.5. The highest BCUT2D eigenvalue weighted by Crippen LogP contribution is 2.42. The van der Waals surface area contributed by atoms with E-state index < -0.39 is 11.9 Å². The molecule has 0 aliphatic rings. The molecule has 2 nitrogen and oxygen atoms in total. The van der Waals surface area contributed by atoms with E-state index in [4.69, 9.17) is 11.6 Å². The zero-order valence-corrected chi connectivity index (χ0v) is 16.4. The average Bonchev–Trinajstić information content (AvgIpc) is 3.14. The summed E-state index contributed by atoms with van der Waals surface area (Å²) in [5, 5.41) is 3.62. The van der Waals surface area contributed by atoms with Crippen LogP contribution in [0.25, 0.3) is 21.6 Å². The number of aromatic nitrogens is 1. The van der Waals surface area contributed by atoms with Crippen LogP contribution in [0.4, 0.5) is 24.0 Å². The normalized spacial score (nSPS) is 11.4. The maximum Gasteiger partial charge on any atom is 0.434 e. The molecule has 0 saturated heterocycles. The summed E-state index contributed by atoms with van der Waals surface area (Å²) in [4.78, 5) is 3.86. The Labute approximate surface area is 174 Å². The summed E-state index contributed by atoms with van der Waals surface area (Å²) in [6.45, 7) is 0. The van der Waals surface area contributed by atoms with Gasteiger partial charge in [0.2, 0.25) is 0 Å². The molecule has 4 rings (SSSR count). The highest BCUT2D eigenvalue weighted by molar-refractivity contribution is 7.19. The molecular formula is C22H14ClF3N2S. The lowest BCUT2D eigenvalue weighted by Gasteiger charge is -2.06. The molecule has 29 heavy (non-hydrogen) atoms. The van der Waals surface area contributed by atoms with Gasteiger partial charge in [0, 0.05) is 10.7 Å². The Kier molecular flexibility index (Phi) is 5.30. The molecule has 0 saturated carbocycles. The first-order chi connectivity index (χ1) is 13.9. The van der Waals surface area contributed by atoms with E-state index in [0.29, 0.717) is 16.3 Å². The molecule has 0 spiro atoms. The van der Waals surface area contributed by atoms with Gasteiger partial charge in [0.25, 0.3) is 0 Å². The van der Waals surface area contributed by atoms with Crippen molar-refractivity contribution in [2.75, 3.05) is 5.32 Å². The molecule has 0 unspecified atom stereocenters. The highest BCUT2D eigenvalue weighted by Gasteiger charge is 2.38. The maximum absolute atomic E-state index is 13.5. The van der Waals surface area contributed by atoms with E-state index in [0.717, 1.165) is 22.5 Å². The van der Waals surface area contributed by atoms with E-state index in [1.165, 1.54) is 0 Å². The fourth-order valence-corrected chi connectivity index (χ4v) is 4.00. The summed E-state index contributed by atoms with van der Waals surface area (Å²) in [5.74, 6) is 0. The van der Waals surface area contributed by atoms with Gasteiger partial charge in [-0.2, -0.15) is 13.2 Å². The van der Waals surface area contributed by atoms with Gasteiger partial charge in [-0.05, 0) is 41.0 Å². The molecule has 0 aliphatic heterocycles. The molecular weight excluding hydrogens is 417 g/mol. The molecule has 7 heteroatoms. The van der Waals surface area contributed by atoms with Gasteiger partial charge in [-0.15, -0.1) is 0 Å². The standard InChI is InChI=1S/C22H14ClF3N2S/c23-17-10-6-16(7-11-17)19-20(22(24,25)26)28-21(29-19)27-18-12-8-15(9-13-18)14-4-2-1-3-5-14/h1-13H,(H,27,28). The Bertz CT molecular complexity index is 1110. The first-order valence-electron chi connectivity index (χ1n) is 8.66. The van der Waals surface area contributed by atoms with Gasteiger partial charge in [-0.3, -0.25) is 0 Å². The van der Waals surface area contributed by atoms with Crippen LogP contribution in [-0.4, -0.2) is 4.98 Å². The SMILES string of the molecule is FC(F)(F)c1nc(Nc2ccc(-c3ccccc3)cc2)sc1-c1ccc(Cl)cc1. The summed E-state index contributed by atoms with van der Waals surface area (Å²) in [5.41, 5.74) is 2.26. The first kappa shape index (κ1) is 19.5. The molecule has 0 bridgehead atoms. The van der Waals surface area contributed by atoms with E-state index in [-0.39, 0.29) is 10.0 Å². The van der Waals surface area contributed by atoms with Crippen molar-refractivity contribution in [3.05, 3.63) is 89.6 Å². The maximum atomic E-state index is 13.5. The predicted octanol–water partition coefficient (Wildman–Crippen LogP) is 7.89. The molecule has 1 aromatic heterocycles. The second-order valence-electron chi connectivity index (χ2n) is 6.27. The molecule has 1 heterocycles. The van der Waals surface area contributed by atoms with Gasteiger partial charge < -0.3 is 5.32 Å². The molecule has 146 valence electrons. The van der Waals surface area contributed by atoms with Crippen molar-refractivity contribution < 1.29 is 13.2 Å². The zero-order chi connectivity index (χ0) is 20.4. The fraction of sp³-hybridized carbons (Fsp3) is 0.0455. The van der Waals surface area contributed by atoms with Crippen LogP contribution in [0.2, 0.25) is 5.02 Å². The molecule has 0 fully saturated rings. The predicted molar refractivity (Wildman–Crippen MR) is 113 cm³/mol. The lowest BCUT2D eigenvalue weighted by Crippen LogP contribution is -2.07.